The Balaban J connectivity index is 3.34. The summed E-state index contributed by atoms with van der Waals surface area (Å²) in [5, 5.41) is 10.3. The van der Waals surface area contributed by atoms with Gasteiger partial charge in [-0.1, -0.05) is 0 Å². The van der Waals surface area contributed by atoms with E-state index in [1.165, 1.54) is 0 Å². The third-order valence-electron chi connectivity index (χ3n) is 1.33. The maximum absolute atomic E-state index is 12.3. The Morgan fingerprint density at radius 3 is 2.54 bits per heavy atom. The van der Waals surface area contributed by atoms with Gasteiger partial charge in [0.1, 0.15) is 11.8 Å². The van der Waals surface area contributed by atoms with Gasteiger partial charge < -0.3 is 0 Å². The maximum Gasteiger partial charge on any atom is 0.297 e. The van der Waals surface area contributed by atoms with Crippen LogP contribution in [0.3, 0.4) is 0 Å². The zero-order valence-corrected chi connectivity index (χ0v) is 7.66. The van der Waals surface area contributed by atoms with Crippen LogP contribution >= 0.6 is 15.9 Å². The predicted molar refractivity (Wildman–Crippen MR) is 43.5 cm³/mol. The molecule has 13 heavy (non-hydrogen) atoms. The van der Waals surface area contributed by atoms with Crippen LogP contribution in [0.5, 0.6) is 0 Å². The molecule has 0 saturated carbocycles. The highest BCUT2D eigenvalue weighted by atomic mass is 79.9. The molecule has 0 saturated heterocycles. The molecule has 1 heterocycles. The van der Waals surface area contributed by atoms with E-state index in [4.69, 9.17) is 0 Å². The van der Waals surface area contributed by atoms with Gasteiger partial charge in [0, 0.05) is 6.20 Å². The molecule has 0 aliphatic heterocycles. The van der Waals surface area contributed by atoms with Crippen molar-refractivity contribution in [3.8, 4) is 0 Å². The molecule has 0 radical (unpaired) electrons. The normalized spacial score (nSPS) is 10.5. The van der Waals surface area contributed by atoms with Crippen LogP contribution in [0.15, 0.2) is 16.9 Å². The van der Waals surface area contributed by atoms with Crippen molar-refractivity contribution in [3.05, 3.63) is 32.5 Å². The van der Waals surface area contributed by atoms with Gasteiger partial charge in [0.25, 0.3) is 12.1 Å². The molecular weight excluding hydrogens is 250 g/mol. The second-order valence-electron chi connectivity index (χ2n) is 2.11. The molecule has 0 N–H and O–H groups in total. The molecule has 0 bridgehead atoms. The highest BCUT2D eigenvalue weighted by Gasteiger charge is 2.24. The standard InChI is InChI=1S/C6H3BrF2N2O2/c7-3-1-10-2-4(11(12)13)5(3)6(8)9/h1-2,6H. The highest BCUT2D eigenvalue weighted by Crippen LogP contribution is 2.33. The number of pyridine rings is 1. The van der Waals surface area contributed by atoms with Crippen LogP contribution in [0, 0.1) is 10.1 Å². The monoisotopic (exact) mass is 252 g/mol. The van der Waals surface area contributed by atoms with Crippen LogP contribution in [0.2, 0.25) is 0 Å². The molecule has 1 aromatic heterocycles. The van der Waals surface area contributed by atoms with Crippen LogP contribution in [0.4, 0.5) is 14.5 Å². The molecule has 0 spiro atoms. The number of halogens is 3. The zero-order valence-electron chi connectivity index (χ0n) is 6.08. The average Bonchev–Trinajstić information content (AvgIpc) is 2.02. The Morgan fingerprint density at radius 2 is 2.15 bits per heavy atom. The molecule has 0 unspecified atom stereocenters. The summed E-state index contributed by atoms with van der Waals surface area (Å²) in [6.45, 7) is 0. The summed E-state index contributed by atoms with van der Waals surface area (Å²) in [4.78, 5) is 12.8. The zero-order chi connectivity index (χ0) is 10.0. The molecule has 0 atom stereocenters. The van der Waals surface area contributed by atoms with E-state index in [1.54, 1.807) is 0 Å². The molecule has 0 aromatic carbocycles. The van der Waals surface area contributed by atoms with Gasteiger partial charge in [-0.05, 0) is 15.9 Å². The first-order valence-corrected chi connectivity index (χ1v) is 3.89. The van der Waals surface area contributed by atoms with Crippen molar-refractivity contribution in [3.63, 3.8) is 0 Å². The predicted octanol–water partition coefficient (Wildman–Crippen LogP) is 2.69. The number of hydrogen-bond acceptors (Lipinski definition) is 3. The fourth-order valence-electron chi connectivity index (χ4n) is 0.796. The fraction of sp³-hybridized carbons (Fsp3) is 0.167. The number of nitrogens with zero attached hydrogens (tertiary/aromatic N) is 2. The van der Waals surface area contributed by atoms with E-state index in [9.17, 15) is 18.9 Å². The van der Waals surface area contributed by atoms with Crippen molar-refractivity contribution >= 4 is 21.6 Å². The van der Waals surface area contributed by atoms with Crippen molar-refractivity contribution in [1.82, 2.24) is 4.98 Å². The van der Waals surface area contributed by atoms with Crippen molar-refractivity contribution in [2.45, 2.75) is 6.43 Å². The van der Waals surface area contributed by atoms with Crippen LogP contribution in [-0.4, -0.2) is 9.91 Å². The average molecular weight is 253 g/mol. The molecule has 70 valence electrons. The van der Waals surface area contributed by atoms with E-state index in [0.29, 0.717) is 0 Å². The Hall–Kier alpha value is -1.11. The summed E-state index contributed by atoms with van der Waals surface area (Å²) in [5.41, 5.74) is -1.32. The third-order valence-corrected chi connectivity index (χ3v) is 1.96. The van der Waals surface area contributed by atoms with Gasteiger partial charge in [-0.25, -0.2) is 8.78 Å². The van der Waals surface area contributed by atoms with Crippen molar-refractivity contribution in [1.29, 1.82) is 0 Å². The summed E-state index contributed by atoms with van der Waals surface area (Å²) in [7, 11) is 0. The van der Waals surface area contributed by atoms with Crippen molar-refractivity contribution in [2.24, 2.45) is 0 Å². The van der Waals surface area contributed by atoms with Gasteiger partial charge in [-0.3, -0.25) is 15.1 Å². The lowest BCUT2D eigenvalue weighted by Crippen LogP contribution is -1.97. The summed E-state index contributed by atoms with van der Waals surface area (Å²) in [6, 6.07) is 0. The Bertz CT molecular complexity index is 345. The Morgan fingerprint density at radius 1 is 1.54 bits per heavy atom. The molecule has 0 amide bonds. The van der Waals surface area contributed by atoms with Gasteiger partial charge >= 0.3 is 0 Å². The quantitative estimate of drug-likeness (QED) is 0.601. The minimum Gasteiger partial charge on any atom is -0.258 e. The van der Waals surface area contributed by atoms with Gasteiger partial charge in [0.2, 0.25) is 0 Å². The second kappa shape index (κ2) is 3.73. The number of alkyl halides is 2. The van der Waals surface area contributed by atoms with Crippen LogP contribution in [0.1, 0.15) is 12.0 Å². The molecule has 1 aromatic rings. The first-order chi connectivity index (χ1) is 6.04. The summed E-state index contributed by atoms with van der Waals surface area (Å²) >= 11 is 2.77. The first kappa shape index (κ1) is 9.97. The lowest BCUT2D eigenvalue weighted by Gasteiger charge is -2.02. The molecule has 0 fully saturated rings. The molecule has 0 aliphatic rings. The van der Waals surface area contributed by atoms with E-state index in [2.05, 4.69) is 20.9 Å². The second-order valence-corrected chi connectivity index (χ2v) is 2.97. The van der Waals surface area contributed by atoms with E-state index in [0.717, 1.165) is 12.4 Å². The Kier molecular flexibility index (Phi) is 2.86. The summed E-state index contributed by atoms with van der Waals surface area (Å²) < 4.78 is 24.5. The molecule has 1 rings (SSSR count). The molecular formula is C6H3BrF2N2O2. The largest absolute Gasteiger partial charge is 0.297 e. The van der Waals surface area contributed by atoms with Crippen LogP contribution in [0.25, 0.3) is 0 Å². The van der Waals surface area contributed by atoms with E-state index >= 15 is 0 Å². The summed E-state index contributed by atoms with van der Waals surface area (Å²) in [5.74, 6) is 0. The fourth-order valence-corrected chi connectivity index (χ4v) is 1.29. The number of hydrogen-bond donors (Lipinski definition) is 0. The minimum absolute atomic E-state index is 0.0586. The van der Waals surface area contributed by atoms with Gasteiger partial charge in [0.15, 0.2) is 0 Å². The first-order valence-electron chi connectivity index (χ1n) is 3.10. The number of nitro groups is 1. The Labute approximate surface area is 79.9 Å². The van der Waals surface area contributed by atoms with Crippen molar-refractivity contribution < 1.29 is 13.7 Å². The van der Waals surface area contributed by atoms with E-state index < -0.39 is 22.6 Å². The lowest BCUT2D eigenvalue weighted by atomic mass is 10.2. The van der Waals surface area contributed by atoms with Crippen molar-refractivity contribution in [2.75, 3.05) is 0 Å². The highest BCUT2D eigenvalue weighted by molar-refractivity contribution is 9.10. The van der Waals surface area contributed by atoms with Gasteiger partial charge in [-0.2, -0.15) is 0 Å². The minimum atomic E-state index is -2.89. The van der Waals surface area contributed by atoms with E-state index in [-0.39, 0.29) is 4.47 Å². The van der Waals surface area contributed by atoms with Gasteiger partial charge in [0.05, 0.1) is 9.40 Å². The third kappa shape index (κ3) is 1.97. The van der Waals surface area contributed by atoms with Gasteiger partial charge in [-0.15, -0.1) is 0 Å². The molecule has 4 nitrogen and oxygen atoms in total. The topological polar surface area (TPSA) is 56.0 Å². The van der Waals surface area contributed by atoms with E-state index in [1.807, 2.05) is 0 Å². The smallest absolute Gasteiger partial charge is 0.258 e. The van der Waals surface area contributed by atoms with Crippen LogP contribution < -0.4 is 0 Å². The lowest BCUT2D eigenvalue weighted by molar-refractivity contribution is -0.386. The summed E-state index contributed by atoms with van der Waals surface area (Å²) in [6.07, 6.45) is -1.00. The molecule has 0 aliphatic carbocycles. The SMILES string of the molecule is O=[N+]([O-])c1cncc(Br)c1C(F)F. The number of rotatable bonds is 2. The maximum atomic E-state index is 12.3. The molecule has 7 heteroatoms. The number of aromatic nitrogens is 1. The van der Waals surface area contributed by atoms with Crippen LogP contribution in [-0.2, 0) is 0 Å².